The highest BCUT2D eigenvalue weighted by molar-refractivity contribution is 7.89. The van der Waals surface area contributed by atoms with Crippen LogP contribution in [0.2, 0.25) is 0 Å². The second kappa shape index (κ2) is 8.98. The van der Waals surface area contributed by atoms with Crippen LogP contribution >= 0.6 is 0 Å². The number of benzene rings is 1. The van der Waals surface area contributed by atoms with Crippen LogP contribution in [-0.2, 0) is 10.0 Å². The predicted octanol–water partition coefficient (Wildman–Crippen LogP) is 1.80. The minimum absolute atomic E-state index is 0.175. The van der Waals surface area contributed by atoms with Gasteiger partial charge in [0.15, 0.2) is 0 Å². The van der Waals surface area contributed by atoms with E-state index >= 15 is 0 Å². The normalized spacial score (nSPS) is 19.3. The molecule has 2 N–H and O–H groups in total. The van der Waals surface area contributed by atoms with Crippen LogP contribution in [0.15, 0.2) is 23.1 Å². The molecule has 0 saturated carbocycles. The Morgan fingerprint density at radius 2 is 2.16 bits per heavy atom. The molecule has 0 bridgehead atoms. The molecule has 142 valence electrons. The molecule has 1 aromatic rings. The van der Waals surface area contributed by atoms with Gasteiger partial charge < -0.3 is 14.7 Å². The van der Waals surface area contributed by atoms with Crippen molar-refractivity contribution >= 4 is 10.0 Å². The first kappa shape index (κ1) is 20.2. The number of sulfonamides is 1. The van der Waals surface area contributed by atoms with Gasteiger partial charge in [0.2, 0.25) is 10.0 Å². The van der Waals surface area contributed by atoms with Crippen LogP contribution in [0.5, 0.6) is 5.75 Å². The first-order valence-electron chi connectivity index (χ1n) is 8.88. The first-order chi connectivity index (χ1) is 11.9. The molecule has 1 fully saturated rings. The summed E-state index contributed by atoms with van der Waals surface area (Å²) >= 11 is 0. The molecule has 1 aromatic carbocycles. The van der Waals surface area contributed by atoms with Crippen LogP contribution < -0.4 is 9.46 Å². The fraction of sp³-hybridized carbons (Fsp3) is 0.667. The quantitative estimate of drug-likeness (QED) is 0.729. The van der Waals surface area contributed by atoms with E-state index in [-0.39, 0.29) is 17.4 Å². The third-order valence-electron chi connectivity index (χ3n) is 4.71. The summed E-state index contributed by atoms with van der Waals surface area (Å²) in [5.41, 5.74) is 0.882. The molecule has 7 heteroatoms. The summed E-state index contributed by atoms with van der Waals surface area (Å²) < 4.78 is 33.1. The SMILES string of the molecule is COc1ccc(S(=O)(=O)NCCN2CCCC(CO)C2)cc1C(C)C. The van der Waals surface area contributed by atoms with Gasteiger partial charge in [-0.3, -0.25) is 0 Å². The van der Waals surface area contributed by atoms with Gasteiger partial charge in [-0.05, 0) is 55.0 Å². The summed E-state index contributed by atoms with van der Waals surface area (Å²) in [6.45, 7) is 7.03. The third-order valence-corrected chi connectivity index (χ3v) is 6.17. The molecule has 1 unspecified atom stereocenters. The zero-order chi connectivity index (χ0) is 18.4. The number of nitrogens with one attached hydrogen (secondary N) is 1. The molecular weight excluding hydrogens is 340 g/mol. The molecule has 0 aromatic heterocycles. The topological polar surface area (TPSA) is 78.9 Å². The van der Waals surface area contributed by atoms with Crippen LogP contribution in [-0.4, -0.2) is 58.3 Å². The highest BCUT2D eigenvalue weighted by Crippen LogP contribution is 2.28. The van der Waals surface area contributed by atoms with Crippen molar-refractivity contribution in [1.82, 2.24) is 9.62 Å². The number of hydrogen-bond donors (Lipinski definition) is 2. The summed E-state index contributed by atoms with van der Waals surface area (Å²) in [4.78, 5) is 2.48. The molecular formula is C18H30N2O4S. The number of methoxy groups -OCH3 is 1. The minimum atomic E-state index is -3.54. The Hall–Kier alpha value is -1.15. The van der Waals surface area contributed by atoms with E-state index in [1.54, 1.807) is 25.3 Å². The first-order valence-corrected chi connectivity index (χ1v) is 10.4. The second-order valence-electron chi connectivity index (χ2n) is 6.95. The highest BCUT2D eigenvalue weighted by Gasteiger charge is 2.21. The summed E-state index contributed by atoms with van der Waals surface area (Å²) in [6, 6.07) is 4.98. The van der Waals surface area contributed by atoms with Gasteiger partial charge in [-0.1, -0.05) is 13.8 Å². The average molecular weight is 371 g/mol. The number of likely N-dealkylation sites (tertiary alicyclic amines) is 1. The van der Waals surface area contributed by atoms with Crippen molar-refractivity contribution < 1.29 is 18.3 Å². The zero-order valence-corrected chi connectivity index (χ0v) is 16.2. The molecule has 1 atom stereocenters. The van der Waals surface area contributed by atoms with Crippen molar-refractivity contribution in [3.63, 3.8) is 0 Å². The van der Waals surface area contributed by atoms with Crippen LogP contribution in [0, 0.1) is 5.92 Å². The Morgan fingerprint density at radius 3 is 2.80 bits per heavy atom. The van der Waals surface area contributed by atoms with Crippen LogP contribution in [0.3, 0.4) is 0 Å². The highest BCUT2D eigenvalue weighted by atomic mass is 32.2. The average Bonchev–Trinajstić information content (AvgIpc) is 2.61. The molecule has 6 nitrogen and oxygen atoms in total. The Kier molecular flexibility index (Phi) is 7.25. The van der Waals surface area contributed by atoms with Crippen LogP contribution in [0.25, 0.3) is 0 Å². The van der Waals surface area contributed by atoms with Crippen molar-refractivity contribution in [2.75, 3.05) is 39.9 Å². The van der Waals surface area contributed by atoms with Crippen molar-refractivity contribution in [1.29, 1.82) is 0 Å². The Bertz CT molecular complexity index is 661. The monoisotopic (exact) mass is 370 g/mol. The Labute approximate surface area is 151 Å². The number of ether oxygens (including phenoxy) is 1. The summed E-state index contributed by atoms with van der Waals surface area (Å²) in [6.07, 6.45) is 2.09. The van der Waals surface area contributed by atoms with Crippen molar-refractivity contribution in [3.8, 4) is 5.75 Å². The van der Waals surface area contributed by atoms with E-state index in [1.165, 1.54) is 0 Å². The van der Waals surface area contributed by atoms with E-state index in [9.17, 15) is 13.5 Å². The van der Waals surface area contributed by atoms with Gasteiger partial charge in [0.1, 0.15) is 5.75 Å². The number of piperidine rings is 1. The van der Waals surface area contributed by atoms with E-state index in [4.69, 9.17) is 4.74 Å². The maximum Gasteiger partial charge on any atom is 0.240 e. The summed E-state index contributed by atoms with van der Waals surface area (Å²) in [5, 5.41) is 9.28. The van der Waals surface area contributed by atoms with Gasteiger partial charge in [0.25, 0.3) is 0 Å². The minimum Gasteiger partial charge on any atom is -0.496 e. The van der Waals surface area contributed by atoms with E-state index in [1.807, 2.05) is 13.8 Å². The van der Waals surface area contributed by atoms with Crippen molar-refractivity contribution in [3.05, 3.63) is 23.8 Å². The van der Waals surface area contributed by atoms with E-state index < -0.39 is 10.0 Å². The molecule has 25 heavy (non-hydrogen) atoms. The predicted molar refractivity (Wildman–Crippen MR) is 98.5 cm³/mol. The number of aliphatic hydroxyl groups excluding tert-OH is 1. The maximum absolute atomic E-state index is 12.6. The lowest BCUT2D eigenvalue weighted by Gasteiger charge is -2.31. The maximum atomic E-state index is 12.6. The number of nitrogens with zero attached hydrogens (tertiary/aromatic N) is 1. The zero-order valence-electron chi connectivity index (χ0n) is 15.4. The third kappa shape index (κ3) is 5.41. The van der Waals surface area contributed by atoms with E-state index in [0.717, 1.165) is 31.5 Å². The molecule has 0 spiro atoms. The van der Waals surface area contributed by atoms with Gasteiger partial charge >= 0.3 is 0 Å². The molecule has 0 radical (unpaired) electrons. The molecule has 0 aliphatic carbocycles. The fourth-order valence-electron chi connectivity index (χ4n) is 3.26. The van der Waals surface area contributed by atoms with Crippen molar-refractivity contribution in [2.24, 2.45) is 5.92 Å². The largest absolute Gasteiger partial charge is 0.496 e. The molecule has 1 saturated heterocycles. The van der Waals surface area contributed by atoms with Gasteiger partial charge in [0.05, 0.1) is 12.0 Å². The van der Waals surface area contributed by atoms with Gasteiger partial charge in [-0.2, -0.15) is 0 Å². The van der Waals surface area contributed by atoms with E-state index in [2.05, 4.69) is 9.62 Å². The molecule has 1 aliphatic heterocycles. The fourth-order valence-corrected chi connectivity index (χ4v) is 4.31. The second-order valence-corrected chi connectivity index (χ2v) is 8.71. The lowest BCUT2D eigenvalue weighted by atomic mass is 9.99. The lowest BCUT2D eigenvalue weighted by molar-refractivity contribution is 0.122. The molecule has 0 amide bonds. The molecule has 1 heterocycles. The van der Waals surface area contributed by atoms with E-state index in [0.29, 0.717) is 24.8 Å². The smallest absolute Gasteiger partial charge is 0.240 e. The number of rotatable bonds is 8. The summed E-state index contributed by atoms with van der Waals surface area (Å²) in [5.74, 6) is 1.19. The van der Waals surface area contributed by atoms with Gasteiger partial charge in [0, 0.05) is 26.2 Å². The van der Waals surface area contributed by atoms with Gasteiger partial charge in [-0.25, -0.2) is 13.1 Å². The van der Waals surface area contributed by atoms with Gasteiger partial charge in [-0.15, -0.1) is 0 Å². The summed E-state index contributed by atoms with van der Waals surface area (Å²) in [7, 11) is -1.95. The number of aliphatic hydroxyl groups is 1. The molecule has 1 aliphatic rings. The van der Waals surface area contributed by atoms with Crippen LogP contribution in [0.1, 0.15) is 38.2 Å². The Balaban J connectivity index is 1.98. The number of hydrogen-bond acceptors (Lipinski definition) is 5. The molecule has 2 rings (SSSR count). The lowest BCUT2D eigenvalue weighted by Crippen LogP contribution is -2.41. The van der Waals surface area contributed by atoms with Crippen molar-refractivity contribution in [2.45, 2.75) is 37.5 Å². The Morgan fingerprint density at radius 1 is 1.40 bits per heavy atom. The van der Waals surface area contributed by atoms with Crippen LogP contribution in [0.4, 0.5) is 0 Å². The standard InChI is InChI=1S/C18H30N2O4S/c1-14(2)17-11-16(6-7-18(17)24-3)25(22,23)19-8-10-20-9-4-5-15(12-20)13-21/h6-7,11,14-15,19,21H,4-5,8-10,12-13H2,1-3H3.